The normalized spacial score (nSPS) is 14.2. The Labute approximate surface area is 195 Å². The van der Waals surface area contributed by atoms with Crippen LogP contribution in [0.15, 0.2) is 48.8 Å². The van der Waals surface area contributed by atoms with Crippen molar-refractivity contribution < 1.29 is 14.4 Å². The highest BCUT2D eigenvalue weighted by atomic mass is 32.1. The molecule has 0 spiro atoms. The summed E-state index contributed by atoms with van der Waals surface area (Å²) in [6.07, 6.45) is 3.26. The van der Waals surface area contributed by atoms with Gasteiger partial charge < -0.3 is 16.0 Å². The van der Waals surface area contributed by atoms with Crippen LogP contribution in [0.4, 0.5) is 5.00 Å². The zero-order chi connectivity index (χ0) is 23.4. The number of carbonyl (C=O) groups excluding carboxylic acids is 3. The van der Waals surface area contributed by atoms with Gasteiger partial charge in [-0.2, -0.15) is 0 Å². The fraction of sp³-hybridized carbons (Fsp3) is 0.261. The number of thiazole rings is 1. The van der Waals surface area contributed by atoms with Gasteiger partial charge in [-0.3, -0.25) is 24.3 Å². The number of aromatic nitrogens is 2. The highest BCUT2D eigenvalue weighted by Crippen LogP contribution is 2.32. The first-order valence-corrected chi connectivity index (χ1v) is 11.3. The maximum Gasteiger partial charge on any atom is 0.270 e. The van der Waals surface area contributed by atoms with Gasteiger partial charge in [-0.15, -0.1) is 0 Å². The quantitative estimate of drug-likeness (QED) is 0.577. The summed E-state index contributed by atoms with van der Waals surface area (Å²) in [4.78, 5) is 48.5. The van der Waals surface area contributed by atoms with Crippen molar-refractivity contribution in [2.24, 2.45) is 5.73 Å². The van der Waals surface area contributed by atoms with Gasteiger partial charge in [0.05, 0.1) is 0 Å². The van der Waals surface area contributed by atoms with E-state index in [0.29, 0.717) is 15.6 Å². The summed E-state index contributed by atoms with van der Waals surface area (Å²) >= 11 is 1.19. The fourth-order valence-electron chi connectivity index (χ4n) is 3.61. The molecule has 2 aromatic heterocycles. The Morgan fingerprint density at radius 3 is 2.30 bits per heavy atom. The number of amides is 3. The summed E-state index contributed by atoms with van der Waals surface area (Å²) in [6, 6.07) is 10.9. The van der Waals surface area contributed by atoms with Gasteiger partial charge in [-0.05, 0) is 29.8 Å². The summed E-state index contributed by atoms with van der Waals surface area (Å²) in [7, 11) is 0. The van der Waals surface area contributed by atoms with E-state index in [1.54, 1.807) is 43.6 Å². The maximum atomic E-state index is 12.8. The Morgan fingerprint density at radius 2 is 1.70 bits per heavy atom. The largest absolute Gasteiger partial charge is 0.364 e. The van der Waals surface area contributed by atoms with E-state index >= 15 is 0 Å². The van der Waals surface area contributed by atoms with E-state index < -0.39 is 5.91 Å². The molecule has 0 unspecified atom stereocenters. The van der Waals surface area contributed by atoms with Crippen LogP contribution in [0.2, 0.25) is 0 Å². The molecule has 1 saturated heterocycles. The van der Waals surface area contributed by atoms with Gasteiger partial charge >= 0.3 is 0 Å². The summed E-state index contributed by atoms with van der Waals surface area (Å²) < 4.78 is 0. The van der Waals surface area contributed by atoms with Crippen LogP contribution < -0.4 is 11.1 Å². The van der Waals surface area contributed by atoms with E-state index in [2.05, 4.69) is 20.2 Å². The predicted octanol–water partition coefficient (Wildman–Crippen LogP) is 2.22. The minimum atomic E-state index is -0.706. The summed E-state index contributed by atoms with van der Waals surface area (Å²) in [5.74, 6) is -0.940. The third-order valence-corrected chi connectivity index (χ3v) is 6.47. The average Bonchev–Trinajstić information content (AvgIpc) is 3.24. The van der Waals surface area contributed by atoms with Crippen LogP contribution in [0.5, 0.6) is 0 Å². The van der Waals surface area contributed by atoms with E-state index in [-0.39, 0.29) is 17.5 Å². The molecule has 1 aromatic carbocycles. The van der Waals surface area contributed by atoms with E-state index in [0.717, 1.165) is 43.9 Å². The SMILES string of the molecule is CC(=O)N1CCN(Cc2ccc(C(=O)Nc3sc(-c4ccncc4)nc3C(N)=O)cc2)CC1. The van der Waals surface area contributed by atoms with Crippen molar-refractivity contribution >= 4 is 34.1 Å². The molecule has 10 heteroatoms. The second-order valence-corrected chi connectivity index (χ2v) is 8.73. The molecule has 1 aliphatic heterocycles. The van der Waals surface area contributed by atoms with Gasteiger partial charge in [-0.25, -0.2) is 4.98 Å². The van der Waals surface area contributed by atoms with Crippen LogP contribution in [0.1, 0.15) is 33.3 Å². The Kier molecular flexibility index (Phi) is 6.76. The first kappa shape index (κ1) is 22.6. The molecule has 3 amide bonds. The van der Waals surface area contributed by atoms with Gasteiger partial charge in [0.25, 0.3) is 11.8 Å². The van der Waals surface area contributed by atoms with Crippen molar-refractivity contribution in [3.63, 3.8) is 0 Å². The number of rotatable bonds is 6. The van der Waals surface area contributed by atoms with Crippen molar-refractivity contribution in [2.45, 2.75) is 13.5 Å². The lowest BCUT2D eigenvalue weighted by molar-refractivity contribution is -0.130. The number of benzene rings is 1. The molecule has 0 saturated carbocycles. The van der Waals surface area contributed by atoms with Crippen molar-refractivity contribution in [3.05, 3.63) is 65.6 Å². The molecule has 3 N–H and O–H groups in total. The highest BCUT2D eigenvalue weighted by molar-refractivity contribution is 7.19. The first-order valence-electron chi connectivity index (χ1n) is 10.5. The standard InChI is InChI=1S/C23H24N6O3S/c1-15(30)29-12-10-28(11-13-29)14-16-2-4-17(5-3-16)21(32)27-23-19(20(24)31)26-22(33-23)18-6-8-25-9-7-18/h2-9H,10-14H2,1H3,(H2,24,31)(H,27,32). The highest BCUT2D eigenvalue weighted by Gasteiger charge is 2.20. The summed E-state index contributed by atoms with van der Waals surface area (Å²) in [5, 5.41) is 3.65. The van der Waals surface area contributed by atoms with E-state index in [4.69, 9.17) is 5.73 Å². The predicted molar refractivity (Wildman–Crippen MR) is 126 cm³/mol. The minimum absolute atomic E-state index is 0.0292. The molecule has 0 aliphatic carbocycles. The molecule has 0 atom stereocenters. The lowest BCUT2D eigenvalue weighted by Crippen LogP contribution is -2.47. The number of anilines is 1. The second kappa shape index (κ2) is 9.88. The van der Waals surface area contributed by atoms with Gasteiger partial charge in [0.1, 0.15) is 10.0 Å². The van der Waals surface area contributed by atoms with Crippen LogP contribution in [0.3, 0.4) is 0 Å². The number of carbonyl (C=O) groups is 3. The minimum Gasteiger partial charge on any atom is -0.364 e. The summed E-state index contributed by atoms with van der Waals surface area (Å²) in [5.41, 5.74) is 7.83. The molecule has 0 bridgehead atoms. The smallest absolute Gasteiger partial charge is 0.270 e. The topological polar surface area (TPSA) is 122 Å². The second-order valence-electron chi connectivity index (χ2n) is 7.73. The zero-order valence-corrected chi connectivity index (χ0v) is 19.0. The van der Waals surface area contributed by atoms with Crippen LogP contribution >= 0.6 is 11.3 Å². The van der Waals surface area contributed by atoms with Gasteiger partial charge in [0, 0.05) is 63.2 Å². The van der Waals surface area contributed by atoms with Crippen molar-refractivity contribution in [2.75, 3.05) is 31.5 Å². The lowest BCUT2D eigenvalue weighted by atomic mass is 10.1. The molecular formula is C23H24N6O3S. The number of hydrogen-bond donors (Lipinski definition) is 2. The molecular weight excluding hydrogens is 440 g/mol. The first-order chi connectivity index (χ1) is 15.9. The van der Waals surface area contributed by atoms with Crippen molar-refractivity contribution in [1.82, 2.24) is 19.8 Å². The molecule has 3 heterocycles. The molecule has 3 aromatic rings. The molecule has 0 radical (unpaired) electrons. The number of nitrogens with one attached hydrogen (secondary N) is 1. The number of hydrogen-bond acceptors (Lipinski definition) is 7. The third-order valence-electron chi connectivity index (χ3n) is 5.45. The number of piperazine rings is 1. The molecule has 9 nitrogen and oxygen atoms in total. The number of pyridine rings is 1. The van der Waals surface area contributed by atoms with Gasteiger partial charge in [-0.1, -0.05) is 23.5 Å². The molecule has 1 fully saturated rings. The van der Waals surface area contributed by atoms with Crippen molar-refractivity contribution in [1.29, 1.82) is 0 Å². The Balaban J connectivity index is 1.41. The van der Waals surface area contributed by atoms with E-state index in [9.17, 15) is 14.4 Å². The average molecular weight is 465 g/mol. The van der Waals surface area contributed by atoms with E-state index in [1.165, 1.54) is 11.3 Å². The Hall–Kier alpha value is -3.63. The number of nitrogens with two attached hydrogens (primary N) is 1. The monoisotopic (exact) mass is 464 g/mol. The Morgan fingerprint density at radius 1 is 1.03 bits per heavy atom. The zero-order valence-electron chi connectivity index (χ0n) is 18.2. The molecule has 170 valence electrons. The van der Waals surface area contributed by atoms with Crippen LogP contribution in [-0.2, 0) is 11.3 Å². The molecule has 1 aliphatic rings. The van der Waals surface area contributed by atoms with Crippen LogP contribution in [-0.4, -0.2) is 63.7 Å². The fourth-order valence-corrected chi connectivity index (χ4v) is 4.58. The third kappa shape index (κ3) is 5.41. The van der Waals surface area contributed by atoms with Crippen molar-refractivity contribution in [3.8, 4) is 10.6 Å². The van der Waals surface area contributed by atoms with Gasteiger partial charge in [0.15, 0.2) is 5.69 Å². The molecule has 4 rings (SSSR count). The molecule has 33 heavy (non-hydrogen) atoms. The van der Waals surface area contributed by atoms with Gasteiger partial charge in [0.2, 0.25) is 5.91 Å². The maximum absolute atomic E-state index is 12.8. The number of primary amides is 1. The number of nitrogens with zero attached hydrogens (tertiary/aromatic N) is 4. The van der Waals surface area contributed by atoms with Crippen LogP contribution in [0.25, 0.3) is 10.6 Å². The van der Waals surface area contributed by atoms with Crippen LogP contribution in [0, 0.1) is 0 Å². The van der Waals surface area contributed by atoms with E-state index in [1.807, 2.05) is 17.0 Å². The summed E-state index contributed by atoms with van der Waals surface area (Å²) in [6.45, 7) is 5.45. The lowest BCUT2D eigenvalue weighted by Gasteiger charge is -2.34. The Bertz CT molecular complexity index is 1150.